The number of rotatable bonds is 8. The van der Waals surface area contributed by atoms with Gasteiger partial charge in [-0.3, -0.25) is 9.59 Å². The summed E-state index contributed by atoms with van der Waals surface area (Å²) in [6, 6.07) is 12.9. The van der Waals surface area contributed by atoms with Gasteiger partial charge in [0, 0.05) is 18.5 Å². The Morgan fingerprint density at radius 2 is 1.89 bits per heavy atom. The first-order valence-electron chi connectivity index (χ1n) is 9.27. The molecular formula is C22H25NO5. The molecule has 148 valence electrons. The molecule has 6 heteroatoms. The summed E-state index contributed by atoms with van der Waals surface area (Å²) in [5.41, 5.74) is 0.279. The highest BCUT2D eigenvalue weighted by Gasteiger charge is 2.50. The number of anilines is 1. The minimum atomic E-state index is -1.79. The maximum Gasteiger partial charge on any atom is 0.264 e. The van der Waals surface area contributed by atoms with Gasteiger partial charge in [0.05, 0.1) is 19.4 Å². The van der Waals surface area contributed by atoms with E-state index in [-0.39, 0.29) is 12.2 Å². The van der Waals surface area contributed by atoms with E-state index in [2.05, 4.69) is 0 Å². The average Bonchev–Trinajstić information content (AvgIpc) is 2.86. The lowest BCUT2D eigenvalue weighted by atomic mass is 9.89. The first-order valence-corrected chi connectivity index (χ1v) is 9.27. The molecule has 1 N–H and O–H groups in total. The van der Waals surface area contributed by atoms with E-state index in [0.717, 1.165) is 5.56 Å². The minimum absolute atomic E-state index is 0.226. The minimum Gasteiger partial charge on any atom is -0.493 e. The van der Waals surface area contributed by atoms with Crippen molar-refractivity contribution < 1.29 is 24.2 Å². The summed E-state index contributed by atoms with van der Waals surface area (Å²) in [4.78, 5) is 26.2. The van der Waals surface area contributed by atoms with Crippen molar-refractivity contribution in [3.05, 3.63) is 53.6 Å². The van der Waals surface area contributed by atoms with E-state index in [1.807, 2.05) is 43.3 Å². The van der Waals surface area contributed by atoms with Crippen LogP contribution in [-0.2, 0) is 15.2 Å². The van der Waals surface area contributed by atoms with Crippen molar-refractivity contribution in [2.45, 2.75) is 32.3 Å². The van der Waals surface area contributed by atoms with Gasteiger partial charge in [0.25, 0.3) is 5.91 Å². The number of benzene rings is 2. The average molecular weight is 383 g/mol. The molecule has 1 amide bonds. The largest absolute Gasteiger partial charge is 0.493 e. The van der Waals surface area contributed by atoms with Gasteiger partial charge in [0.15, 0.2) is 17.1 Å². The van der Waals surface area contributed by atoms with Crippen molar-refractivity contribution >= 4 is 17.4 Å². The zero-order valence-corrected chi connectivity index (χ0v) is 16.4. The molecule has 0 saturated carbocycles. The Morgan fingerprint density at radius 3 is 2.57 bits per heavy atom. The Bertz CT molecular complexity index is 894. The van der Waals surface area contributed by atoms with Crippen LogP contribution < -0.4 is 14.4 Å². The number of fused-ring (bicyclic) bond motifs is 1. The zero-order chi connectivity index (χ0) is 20.3. The molecule has 1 heterocycles. The lowest BCUT2D eigenvalue weighted by Crippen LogP contribution is -2.42. The van der Waals surface area contributed by atoms with Gasteiger partial charge in [-0.05, 0) is 38.5 Å². The molecule has 0 spiro atoms. The van der Waals surface area contributed by atoms with Crippen molar-refractivity contribution in [2.75, 3.05) is 25.2 Å². The number of hydrogen-bond donors (Lipinski definition) is 1. The van der Waals surface area contributed by atoms with Crippen LogP contribution in [0.3, 0.4) is 0 Å². The number of para-hydroxylation sites is 2. The zero-order valence-electron chi connectivity index (χ0n) is 16.4. The number of carbonyl (C=O) groups is 2. The first-order chi connectivity index (χ1) is 13.4. The Kier molecular flexibility index (Phi) is 5.70. The summed E-state index contributed by atoms with van der Waals surface area (Å²) in [6.45, 7) is 4.04. The van der Waals surface area contributed by atoms with Gasteiger partial charge in [-0.25, -0.2) is 0 Å². The Balaban J connectivity index is 1.72. The van der Waals surface area contributed by atoms with Gasteiger partial charge in [0.2, 0.25) is 0 Å². The monoisotopic (exact) mass is 383 g/mol. The maximum atomic E-state index is 13.0. The summed E-state index contributed by atoms with van der Waals surface area (Å²) in [7, 11) is 1.58. The van der Waals surface area contributed by atoms with Crippen LogP contribution in [0.4, 0.5) is 5.69 Å². The molecule has 0 fully saturated rings. The van der Waals surface area contributed by atoms with Gasteiger partial charge in [0.1, 0.15) is 5.78 Å². The molecule has 1 aliphatic heterocycles. The van der Waals surface area contributed by atoms with E-state index in [1.54, 1.807) is 18.1 Å². The van der Waals surface area contributed by atoms with E-state index < -0.39 is 11.5 Å². The molecule has 2 aromatic carbocycles. The third-order valence-corrected chi connectivity index (χ3v) is 4.84. The lowest BCUT2D eigenvalue weighted by Gasteiger charge is -2.22. The molecule has 1 atom stereocenters. The molecule has 0 aromatic heterocycles. The summed E-state index contributed by atoms with van der Waals surface area (Å²) < 4.78 is 11.0. The second kappa shape index (κ2) is 8.02. The third-order valence-electron chi connectivity index (χ3n) is 4.84. The van der Waals surface area contributed by atoms with Crippen molar-refractivity contribution in [3.8, 4) is 11.5 Å². The predicted molar refractivity (Wildman–Crippen MR) is 106 cm³/mol. The number of Topliss-reactive ketones (excluding diaryl/α,β-unsaturated/α-hetero) is 1. The number of ether oxygens (including phenoxy) is 2. The molecule has 2 aromatic rings. The molecule has 1 aliphatic rings. The summed E-state index contributed by atoms with van der Waals surface area (Å²) >= 11 is 0. The summed E-state index contributed by atoms with van der Waals surface area (Å²) in [5, 5.41) is 11.0. The van der Waals surface area contributed by atoms with E-state index in [4.69, 9.17) is 9.47 Å². The number of carbonyl (C=O) groups excluding carboxylic acids is 2. The molecule has 3 rings (SSSR count). The number of nitrogens with zero attached hydrogens (tertiary/aromatic N) is 1. The number of ketones is 1. The fourth-order valence-corrected chi connectivity index (χ4v) is 3.56. The van der Waals surface area contributed by atoms with Crippen LogP contribution in [-0.4, -0.2) is 37.1 Å². The van der Waals surface area contributed by atoms with E-state index in [0.29, 0.717) is 42.3 Å². The highest BCUT2D eigenvalue weighted by molar-refractivity contribution is 6.08. The van der Waals surface area contributed by atoms with Gasteiger partial charge < -0.3 is 19.5 Å². The lowest BCUT2D eigenvalue weighted by molar-refractivity contribution is -0.141. The van der Waals surface area contributed by atoms with Crippen LogP contribution in [0.1, 0.15) is 30.9 Å². The fraction of sp³-hybridized carbons (Fsp3) is 0.364. The smallest absolute Gasteiger partial charge is 0.264 e. The first kappa shape index (κ1) is 19.9. The molecule has 0 bridgehead atoms. The van der Waals surface area contributed by atoms with Gasteiger partial charge in [-0.2, -0.15) is 0 Å². The summed E-state index contributed by atoms with van der Waals surface area (Å²) in [5.74, 6) is 0.600. The molecule has 0 saturated heterocycles. The molecule has 6 nitrogen and oxygen atoms in total. The van der Waals surface area contributed by atoms with E-state index >= 15 is 0 Å². The van der Waals surface area contributed by atoms with Crippen LogP contribution in [0.5, 0.6) is 11.5 Å². The normalized spacial score (nSPS) is 18.1. The maximum absolute atomic E-state index is 13.0. The predicted octanol–water partition coefficient (Wildman–Crippen LogP) is 2.99. The van der Waals surface area contributed by atoms with Gasteiger partial charge >= 0.3 is 0 Å². The standard InChI is InChI=1S/C22H25NO5/c1-15-9-10-18-17(13-15)22(26,14-16(2)24)21(25)23(18)11-6-12-28-20-8-5-4-7-19(20)27-3/h4-5,7-10,13,26H,6,11-12,14H2,1-3H3/t22-/m1/s1. The quantitative estimate of drug-likeness (QED) is 0.709. The second-order valence-corrected chi connectivity index (χ2v) is 7.07. The number of hydrogen-bond acceptors (Lipinski definition) is 5. The molecule has 0 unspecified atom stereocenters. The van der Waals surface area contributed by atoms with Crippen LogP contribution >= 0.6 is 0 Å². The number of amides is 1. The van der Waals surface area contributed by atoms with Crippen LogP contribution in [0.25, 0.3) is 0 Å². The Hall–Kier alpha value is -2.86. The van der Waals surface area contributed by atoms with Crippen LogP contribution in [0, 0.1) is 6.92 Å². The SMILES string of the molecule is COc1ccccc1OCCCN1C(=O)[C@@](O)(CC(C)=O)c2cc(C)ccc21. The third kappa shape index (κ3) is 3.73. The Labute approximate surface area is 164 Å². The van der Waals surface area contributed by atoms with Crippen molar-refractivity contribution in [3.63, 3.8) is 0 Å². The molecule has 28 heavy (non-hydrogen) atoms. The molecule has 0 aliphatic carbocycles. The summed E-state index contributed by atoms with van der Waals surface area (Å²) in [6.07, 6.45) is 0.337. The fourth-order valence-electron chi connectivity index (χ4n) is 3.56. The topological polar surface area (TPSA) is 76.1 Å². The number of methoxy groups -OCH3 is 1. The second-order valence-electron chi connectivity index (χ2n) is 7.07. The molecule has 0 radical (unpaired) electrons. The van der Waals surface area contributed by atoms with Crippen LogP contribution in [0.15, 0.2) is 42.5 Å². The van der Waals surface area contributed by atoms with Crippen molar-refractivity contribution in [1.82, 2.24) is 0 Å². The highest BCUT2D eigenvalue weighted by Crippen LogP contribution is 2.43. The van der Waals surface area contributed by atoms with Gasteiger partial charge in [-0.15, -0.1) is 0 Å². The van der Waals surface area contributed by atoms with Crippen molar-refractivity contribution in [2.24, 2.45) is 0 Å². The number of aliphatic hydroxyl groups is 1. The van der Waals surface area contributed by atoms with E-state index in [9.17, 15) is 14.7 Å². The van der Waals surface area contributed by atoms with Crippen LogP contribution in [0.2, 0.25) is 0 Å². The highest BCUT2D eigenvalue weighted by atomic mass is 16.5. The number of aryl methyl sites for hydroxylation is 1. The van der Waals surface area contributed by atoms with Gasteiger partial charge in [-0.1, -0.05) is 29.8 Å². The Morgan fingerprint density at radius 1 is 1.18 bits per heavy atom. The van der Waals surface area contributed by atoms with E-state index in [1.165, 1.54) is 6.92 Å². The molecular weight excluding hydrogens is 358 g/mol. The van der Waals surface area contributed by atoms with Crippen molar-refractivity contribution in [1.29, 1.82) is 0 Å².